The summed E-state index contributed by atoms with van der Waals surface area (Å²) in [5.41, 5.74) is 2.73. The van der Waals surface area contributed by atoms with E-state index < -0.39 is 0 Å². The van der Waals surface area contributed by atoms with E-state index >= 15 is 0 Å². The van der Waals surface area contributed by atoms with Gasteiger partial charge in [-0.15, -0.1) is 0 Å². The third kappa shape index (κ3) is 4.68. The number of aryl methyl sites for hydroxylation is 2. The minimum Gasteiger partial charge on any atom is -0.334 e. The number of imidazole rings is 1. The minimum absolute atomic E-state index is 0.602. The fourth-order valence-electron chi connectivity index (χ4n) is 3.54. The molecule has 0 spiro atoms. The first-order valence-corrected chi connectivity index (χ1v) is 9.19. The quantitative estimate of drug-likeness (QED) is 0.849. The van der Waals surface area contributed by atoms with Crippen molar-refractivity contribution >= 4 is 0 Å². The lowest BCUT2D eigenvalue weighted by atomic mass is 10.0. The van der Waals surface area contributed by atoms with Crippen LogP contribution in [0.1, 0.15) is 36.3 Å². The van der Waals surface area contributed by atoms with E-state index in [1.807, 2.05) is 6.20 Å². The molecule has 1 atom stereocenters. The van der Waals surface area contributed by atoms with Gasteiger partial charge in [0.15, 0.2) is 0 Å². The van der Waals surface area contributed by atoms with Crippen LogP contribution in [0.15, 0.2) is 36.5 Å². The highest BCUT2D eigenvalue weighted by Crippen LogP contribution is 2.13. The molecule has 0 radical (unpaired) electrons. The summed E-state index contributed by atoms with van der Waals surface area (Å²) in [6.45, 7) is 6.60. The van der Waals surface area contributed by atoms with Crippen molar-refractivity contribution in [3.63, 3.8) is 0 Å². The summed E-state index contributed by atoms with van der Waals surface area (Å²) >= 11 is 0. The van der Waals surface area contributed by atoms with Crippen LogP contribution in [0.3, 0.4) is 0 Å². The van der Waals surface area contributed by atoms with E-state index in [9.17, 15) is 0 Å². The molecule has 3 rings (SSSR count). The van der Waals surface area contributed by atoms with Crippen molar-refractivity contribution < 1.29 is 0 Å². The lowest BCUT2D eigenvalue weighted by Crippen LogP contribution is -2.45. The van der Waals surface area contributed by atoms with Crippen molar-refractivity contribution in [1.82, 2.24) is 19.8 Å². The van der Waals surface area contributed by atoms with Gasteiger partial charge in [0.05, 0.1) is 5.69 Å². The van der Waals surface area contributed by atoms with Gasteiger partial charge < -0.3 is 14.8 Å². The smallest absolute Gasteiger partial charge is 0.105 e. The Morgan fingerprint density at radius 3 is 2.83 bits per heavy atom. The van der Waals surface area contributed by atoms with E-state index in [0.717, 1.165) is 12.4 Å². The number of likely N-dealkylation sites (tertiary alicyclic amines) is 1. The molecule has 24 heavy (non-hydrogen) atoms. The van der Waals surface area contributed by atoms with Gasteiger partial charge in [-0.3, -0.25) is 0 Å². The first-order valence-electron chi connectivity index (χ1n) is 9.19. The van der Waals surface area contributed by atoms with Crippen LogP contribution in [0.25, 0.3) is 0 Å². The van der Waals surface area contributed by atoms with Gasteiger partial charge in [-0.1, -0.05) is 30.3 Å². The zero-order chi connectivity index (χ0) is 16.8. The van der Waals surface area contributed by atoms with Crippen molar-refractivity contribution in [1.29, 1.82) is 0 Å². The second-order valence-corrected chi connectivity index (χ2v) is 6.97. The summed E-state index contributed by atoms with van der Waals surface area (Å²) in [6, 6.07) is 11.4. The monoisotopic (exact) mass is 326 g/mol. The maximum atomic E-state index is 4.38. The average Bonchev–Trinajstić information content (AvgIpc) is 2.93. The summed E-state index contributed by atoms with van der Waals surface area (Å²) in [6.07, 6.45) is 7.00. The summed E-state index contributed by atoms with van der Waals surface area (Å²) in [5.74, 6) is 1.08. The van der Waals surface area contributed by atoms with E-state index in [0.29, 0.717) is 6.04 Å². The van der Waals surface area contributed by atoms with E-state index in [-0.39, 0.29) is 0 Å². The fraction of sp³-hybridized carbons (Fsp3) is 0.550. The third-order valence-corrected chi connectivity index (χ3v) is 5.18. The predicted molar refractivity (Wildman–Crippen MR) is 99.0 cm³/mol. The summed E-state index contributed by atoms with van der Waals surface area (Å²) < 4.78 is 2.17. The summed E-state index contributed by atoms with van der Waals surface area (Å²) in [5, 5.41) is 3.73. The van der Waals surface area contributed by atoms with Crippen LogP contribution < -0.4 is 5.32 Å². The molecule has 4 heteroatoms. The van der Waals surface area contributed by atoms with Crippen molar-refractivity contribution in [2.24, 2.45) is 7.05 Å². The fourth-order valence-corrected chi connectivity index (χ4v) is 3.54. The molecule has 1 fully saturated rings. The van der Waals surface area contributed by atoms with Gasteiger partial charge in [-0.25, -0.2) is 4.98 Å². The molecule has 2 heterocycles. The molecule has 1 N–H and O–H groups in total. The SMILES string of the molecule is Cc1ncc(CNC2CCCN(CCCc3ccccc3)C2)n1C. The van der Waals surface area contributed by atoms with Crippen LogP contribution in [0.2, 0.25) is 0 Å². The Morgan fingerprint density at radius 2 is 2.08 bits per heavy atom. The van der Waals surface area contributed by atoms with Crippen molar-refractivity contribution in [3.8, 4) is 0 Å². The number of aromatic nitrogens is 2. The zero-order valence-electron chi connectivity index (χ0n) is 15.0. The number of benzene rings is 1. The van der Waals surface area contributed by atoms with E-state index in [1.54, 1.807) is 0 Å². The summed E-state index contributed by atoms with van der Waals surface area (Å²) in [7, 11) is 2.09. The normalized spacial score (nSPS) is 18.8. The number of hydrogen-bond donors (Lipinski definition) is 1. The van der Waals surface area contributed by atoms with Gasteiger partial charge in [0.25, 0.3) is 0 Å². The maximum Gasteiger partial charge on any atom is 0.105 e. The molecular formula is C20H30N4. The summed E-state index contributed by atoms with van der Waals surface area (Å²) in [4.78, 5) is 7.00. The Hall–Kier alpha value is -1.65. The number of hydrogen-bond acceptors (Lipinski definition) is 3. The van der Waals surface area contributed by atoms with Crippen LogP contribution in [0.5, 0.6) is 0 Å². The van der Waals surface area contributed by atoms with Crippen molar-refractivity contribution in [2.75, 3.05) is 19.6 Å². The number of piperidine rings is 1. The van der Waals surface area contributed by atoms with Crippen LogP contribution in [0.4, 0.5) is 0 Å². The molecule has 0 amide bonds. The lowest BCUT2D eigenvalue weighted by molar-refractivity contribution is 0.188. The molecule has 1 unspecified atom stereocenters. The third-order valence-electron chi connectivity index (χ3n) is 5.18. The van der Waals surface area contributed by atoms with E-state index in [1.165, 1.54) is 56.6 Å². The Kier molecular flexibility index (Phi) is 6.05. The van der Waals surface area contributed by atoms with Gasteiger partial charge in [-0.2, -0.15) is 0 Å². The molecule has 4 nitrogen and oxygen atoms in total. The minimum atomic E-state index is 0.602. The maximum absolute atomic E-state index is 4.38. The topological polar surface area (TPSA) is 33.1 Å². The molecule has 0 aliphatic carbocycles. The van der Waals surface area contributed by atoms with Crippen LogP contribution in [-0.2, 0) is 20.0 Å². The molecule has 0 bridgehead atoms. The Balaban J connectivity index is 1.40. The highest BCUT2D eigenvalue weighted by molar-refractivity contribution is 5.14. The molecule has 1 saturated heterocycles. The second-order valence-electron chi connectivity index (χ2n) is 6.97. The second kappa shape index (κ2) is 8.45. The average molecular weight is 326 g/mol. The molecule has 0 saturated carbocycles. The Bertz CT molecular complexity index is 620. The molecular weight excluding hydrogens is 296 g/mol. The predicted octanol–water partition coefficient (Wildman–Crippen LogP) is 2.92. The highest BCUT2D eigenvalue weighted by Gasteiger charge is 2.19. The number of nitrogens with zero attached hydrogens (tertiary/aromatic N) is 3. The first kappa shape index (κ1) is 17.2. The largest absolute Gasteiger partial charge is 0.334 e. The molecule has 1 aliphatic heterocycles. The van der Waals surface area contributed by atoms with Gasteiger partial charge in [0.2, 0.25) is 0 Å². The molecule has 1 aromatic carbocycles. The van der Waals surface area contributed by atoms with Gasteiger partial charge in [-0.05, 0) is 51.3 Å². The lowest BCUT2D eigenvalue weighted by Gasteiger charge is -2.33. The van der Waals surface area contributed by atoms with Crippen LogP contribution in [-0.4, -0.2) is 40.1 Å². The molecule has 130 valence electrons. The Morgan fingerprint density at radius 1 is 1.25 bits per heavy atom. The molecule has 1 aliphatic rings. The van der Waals surface area contributed by atoms with Gasteiger partial charge in [0.1, 0.15) is 5.82 Å². The number of rotatable bonds is 7. The van der Waals surface area contributed by atoms with Gasteiger partial charge in [0, 0.05) is 32.4 Å². The van der Waals surface area contributed by atoms with E-state index in [4.69, 9.17) is 0 Å². The van der Waals surface area contributed by atoms with Crippen molar-refractivity contribution in [3.05, 3.63) is 53.6 Å². The van der Waals surface area contributed by atoms with Crippen LogP contribution >= 0.6 is 0 Å². The molecule has 2 aromatic rings. The Labute approximate surface area is 145 Å². The standard InChI is InChI=1S/C20H30N4/c1-17-21-14-20(23(17)2)15-22-19-11-7-13-24(16-19)12-6-10-18-8-4-3-5-9-18/h3-5,8-9,14,19,22H,6-7,10-13,15-16H2,1-2H3. The molecule has 1 aromatic heterocycles. The van der Waals surface area contributed by atoms with Crippen molar-refractivity contribution in [2.45, 2.75) is 45.2 Å². The van der Waals surface area contributed by atoms with Crippen LogP contribution in [0, 0.1) is 6.92 Å². The van der Waals surface area contributed by atoms with E-state index in [2.05, 4.69) is 64.1 Å². The highest BCUT2D eigenvalue weighted by atomic mass is 15.2. The van der Waals surface area contributed by atoms with Gasteiger partial charge >= 0.3 is 0 Å². The first-order chi connectivity index (χ1) is 11.7. The number of nitrogens with one attached hydrogen (secondary N) is 1. The zero-order valence-corrected chi connectivity index (χ0v) is 15.0.